The van der Waals surface area contributed by atoms with E-state index in [4.69, 9.17) is 0 Å². The molecule has 2 amide bonds. The number of nitrogens with zero attached hydrogens (tertiary/aromatic N) is 3. The quantitative estimate of drug-likeness (QED) is 0.851. The lowest BCUT2D eigenvalue weighted by molar-refractivity contribution is -0.133. The number of rotatable bonds is 5. The summed E-state index contributed by atoms with van der Waals surface area (Å²) >= 11 is 0. The molecule has 0 unspecified atom stereocenters. The summed E-state index contributed by atoms with van der Waals surface area (Å²) in [6.45, 7) is 5.61. The van der Waals surface area contributed by atoms with Crippen LogP contribution in [0.5, 0.6) is 0 Å². The van der Waals surface area contributed by atoms with Crippen molar-refractivity contribution >= 4 is 17.5 Å². The highest BCUT2D eigenvalue weighted by atomic mass is 19.1. The van der Waals surface area contributed by atoms with E-state index in [1.165, 1.54) is 25.0 Å². The number of halogens is 1. The van der Waals surface area contributed by atoms with Crippen molar-refractivity contribution in [2.75, 3.05) is 57.7 Å². The zero-order valence-electron chi connectivity index (χ0n) is 15.8. The maximum absolute atomic E-state index is 13.2. The van der Waals surface area contributed by atoms with Crippen LogP contribution in [0.15, 0.2) is 24.3 Å². The van der Waals surface area contributed by atoms with Gasteiger partial charge in [-0.15, -0.1) is 0 Å². The Balaban J connectivity index is 1.38. The summed E-state index contributed by atoms with van der Waals surface area (Å²) in [5.74, 6) is -0.278. The lowest BCUT2D eigenvalue weighted by Gasteiger charge is -2.35. The van der Waals surface area contributed by atoms with Crippen molar-refractivity contribution in [2.24, 2.45) is 0 Å². The van der Waals surface area contributed by atoms with E-state index in [0.29, 0.717) is 12.2 Å². The smallest absolute Gasteiger partial charge is 0.238 e. The van der Waals surface area contributed by atoms with Crippen molar-refractivity contribution < 1.29 is 14.0 Å². The molecule has 27 heavy (non-hydrogen) atoms. The Labute approximate surface area is 160 Å². The molecule has 2 heterocycles. The minimum absolute atomic E-state index is 0.144. The molecule has 7 heteroatoms. The molecule has 2 fully saturated rings. The first-order chi connectivity index (χ1) is 13.1. The van der Waals surface area contributed by atoms with Gasteiger partial charge in [-0.2, -0.15) is 0 Å². The molecule has 0 saturated carbocycles. The van der Waals surface area contributed by atoms with E-state index in [-0.39, 0.29) is 24.2 Å². The van der Waals surface area contributed by atoms with Crippen LogP contribution in [0.2, 0.25) is 0 Å². The number of carbonyl (C=O) groups is 2. The number of likely N-dealkylation sites (tertiary alicyclic amines) is 1. The average molecular weight is 376 g/mol. The van der Waals surface area contributed by atoms with Crippen LogP contribution in [-0.4, -0.2) is 78.9 Å². The van der Waals surface area contributed by atoms with Crippen LogP contribution in [0.4, 0.5) is 10.1 Å². The fourth-order valence-corrected chi connectivity index (χ4v) is 3.69. The van der Waals surface area contributed by atoms with Crippen molar-refractivity contribution in [3.8, 4) is 0 Å². The molecule has 0 aliphatic carbocycles. The Morgan fingerprint density at radius 2 is 1.52 bits per heavy atom. The van der Waals surface area contributed by atoms with Crippen molar-refractivity contribution in [3.63, 3.8) is 0 Å². The highest BCUT2D eigenvalue weighted by Crippen LogP contribution is 2.12. The maximum atomic E-state index is 13.2. The van der Waals surface area contributed by atoms with Gasteiger partial charge in [0.05, 0.1) is 13.1 Å². The monoisotopic (exact) mass is 376 g/mol. The van der Waals surface area contributed by atoms with Crippen LogP contribution < -0.4 is 5.32 Å². The minimum atomic E-state index is -0.365. The van der Waals surface area contributed by atoms with Crippen LogP contribution in [0, 0.1) is 5.82 Å². The number of piperazine rings is 1. The first-order valence-electron chi connectivity index (χ1n) is 9.88. The molecule has 3 rings (SSSR count). The predicted octanol–water partition coefficient (Wildman–Crippen LogP) is 1.78. The molecule has 1 N–H and O–H groups in total. The van der Waals surface area contributed by atoms with Gasteiger partial charge in [-0.05, 0) is 31.0 Å². The number of anilines is 1. The third kappa shape index (κ3) is 6.29. The van der Waals surface area contributed by atoms with Gasteiger partial charge in [-0.25, -0.2) is 4.39 Å². The first kappa shape index (κ1) is 19.8. The summed E-state index contributed by atoms with van der Waals surface area (Å²) in [6, 6.07) is 5.91. The van der Waals surface area contributed by atoms with E-state index < -0.39 is 0 Å². The second-order valence-electron chi connectivity index (χ2n) is 7.41. The Morgan fingerprint density at radius 1 is 0.889 bits per heavy atom. The zero-order chi connectivity index (χ0) is 19.1. The summed E-state index contributed by atoms with van der Waals surface area (Å²) in [7, 11) is 0. The second kappa shape index (κ2) is 9.80. The number of nitrogens with one attached hydrogen (secondary N) is 1. The standard InChI is InChI=1S/C20H29FN4O2/c21-17-6-5-7-18(14-17)22-19(26)15-23-10-12-24(13-11-23)16-20(27)25-8-3-1-2-4-9-25/h5-7,14H,1-4,8-13,15-16H2,(H,22,26). The van der Waals surface area contributed by atoms with Gasteiger partial charge >= 0.3 is 0 Å². The van der Waals surface area contributed by atoms with E-state index in [1.807, 2.05) is 4.90 Å². The molecule has 0 bridgehead atoms. The minimum Gasteiger partial charge on any atom is -0.342 e. The fraction of sp³-hybridized carbons (Fsp3) is 0.600. The highest BCUT2D eigenvalue weighted by Gasteiger charge is 2.23. The van der Waals surface area contributed by atoms with Gasteiger partial charge in [0.15, 0.2) is 0 Å². The number of carbonyl (C=O) groups excluding carboxylic acids is 2. The van der Waals surface area contributed by atoms with Crippen LogP contribution in [0.3, 0.4) is 0 Å². The van der Waals surface area contributed by atoms with Crippen LogP contribution >= 0.6 is 0 Å². The molecule has 0 radical (unpaired) electrons. The largest absolute Gasteiger partial charge is 0.342 e. The van der Waals surface area contributed by atoms with Crippen molar-refractivity contribution in [3.05, 3.63) is 30.1 Å². The SMILES string of the molecule is O=C(CN1CCN(CC(=O)N2CCCCCC2)CC1)Nc1cccc(F)c1. The number of hydrogen-bond donors (Lipinski definition) is 1. The summed E-state index contributed by atoms with van der Waals surface area (Å²) < 4.78 is 13.2. The van der Waals surface area contributed by atoms with E-state index in [1.54, 1.807) is 12.1 Å². The Bertz CT molecular complexity index is 639. The molecular formula is C20H29FN4O2. The Kier molecular flexibility index (Phi) is 7.18. The van der Waals surface area contributed by atoms with Gasteiger partial charge in [0, 0.05) is 45.0 Å². The third-order valence-electron chi connectivity index (χ3n) is 5.26. The molecular weight excluding hydrogens is 347 g/mol. The predicted molar refractivity (Wildman–Crippen MR) is 103 cm³/mol. The van der Waals surface area contributed by atoms with Crippen molar-refractivity contribution in [1.29, 1.82) is 0 Å². The van der Waals surface area contributed by atoms with Crippen molar-refractivity contribution in [1.82, 2.24) is 14.7 Å². The molecule has 0 spiro atoms. The fourth-order valence-electron chi connectivity index (χ4n) is 3.69. The first-order valence-corrected chi connectivity index (χ1v) is 9.88. The van der Waals surface area contributed by atoms with E-state index in [9.17, 15) is 14.0 Å². The summed E-state index contributed by atoms with van der Waals surface area (Å²) in [5.41, 5.74) is 0.474. The molecule has 148 valence electrons. The van der Waals surface area contributed by atoms with E-state index in [0.717, 1.165) is 52.1 Å². The number of amides is 2. The number of hydrogen-bond acceptors (Lipinski definition) is 4. The molecule has 2 aliphatic heterocycles. The van der Waals surface area contributed by atoms with Gasteiger partial charge in [0.1, 0.15) is 5.82 Å². The van der Waals surface area contributed by atoms with Gasteiger partial charge in [0.2, 0.25) is 11.8 Å². The van der Waals surface area contributed by atoms with Gasteiger partial charge in [-0.1, -0.05) is 18.9 Å². The zero-order valence-corrected chi connectivity index (χ0v) is 15.8. The molecule has 2 saturated heterocycles. The summed E-state index contributed by atoms with van der Waals surface area (Å²) in [4.78, 5) is 30.9. The van der Waals surface area contributed by atoms with E-state index in [2.05, 4.69) is 15.1 Å². The van der Waals surface area contributed by atoms with E-state index >= 15 is 0 Å². The lowest BCUT2D eigenvalue weighted by Crippen LogP contribution is -2.51. The van der Waals surface area contributed by atoms with Crippen LogP contribution in [0.1, 0.15) is 25.7 Å². The Hall–Kier alpha value is -1.99. The average Bonchev–Trinajstić information content (AvgIpc) is 2.93. The highest BCUT2D eigenvalue weighted by molar-refractivity contribution is 5.92. The summed E-state index contributed by atoms with van der Waals surface area (Å²) in [6.07, 6.45) is 4.67. The van der Waals surface area contributed by atoms with Crippen molar-refractivity contribution in [2.45, 2.75) is 25.7 Å². The van der Waals surface area contributed by atoms with Crippen LogP contribution in [-0.2, 0) is 9.59 Å². The second-order valence-corrected chi connectivity index (χ2v) is 7.41. The molecule has 6 nitrogen and oxygen atoms in total. The van der Waals surface area contributed by atoms with Gasteiger partial charge in [-0.3, -0.25) is 19.4 Å². The molecule has 0 aromatic heterocycles. The summed E-state index contributed by atoms with van der Waals surface area (Å²) in [5, 5.41) is 2.73. The number of benzene rings is 1. The topological polar surface area (TPSA) is 55.9 Å². The normalized spacial score (nSPS) is 19.5. The Morgan fingerprint density at radius 3 is 2.15 bits per heavy atom. The van der Waals surface area contributed by atoms with Crippen LogP contribution in [0.25, 0.3) is 0 Å². The molecule has 0 atom stereocenters. The maximum Gasteiger partial charge on any atom is 0.238 e. The molecule has 1 aromatic carbocycles. The van der Waals surface area contributed by atoms with Gasteiger partial charge in [0.25, 0.3) is 0 Å². The van der Waals surface area contributed by atoms with Gasteiger partial charge < -0.3 is 10.2 Å². The third-order valence-corrected chi connectivity index (χ3v) is 5.26. The molecule has 1 aromatic rings. The lowest BCUT2D eigenvalue weighted by atomic mass is 10.2. The molecule has 2 aliphatic rings.